The van der Waals surface area contributed by atoms with Gasteiger partial charge in [0.2, 0.25) is 0 Å². The molecule has 0 atom stereocenters. The van der Waals surface area contributed by atoms with Crippen LogP contribution in [0.2, 0.25) is 0 Å². The lowest BCUT2D eigenvalue weighted by Gasteiger charge is -2.06. The molecule has 0 unspecified atom stereocenters. The van der Waals surface area contributed by atoms with E-state index in [4.69, 9.17) is 0 Å². The quantitative estimate of drug-likeness (QED) is 0.790. The van der Waals surface area contributed by atoms with Gasteiger partial charge in [0.15, 0.2) is 0 Å². The van der Waals surface area contributed by atoms with Crippen LogP contribution in [0.15, 0.2) is 53.0 Å². The smallest absolute Gasteiger partial charge is 0.137 e. The Bertz CT molecular complexity index is 646. The van der Waals surface area contributed by atoms with Crippen LogP contribution in [-0.2, 0) is 6.54 Å². The van der Waals surface area contributed by atoms with E-state index in [1.165, 1.54) is 4.88 Å². The topological polar surface area (TPSA) is 42.7 Å². The Hall–Kier alpha value is -1.66. The molecule has 3 aromatic heterocycles. The van der Waals surface area contributed by atoms with Crippen LogP contribution in [0.1, 0.15) is 4.88 Å². The highest BCUT2D eigenvalue weighted by molar-refractivity contribution is 9.10. The van der Waals surface area contributed by atoms with Crippen LogP contribution >= 0.6 is 27.3 Å². The predicted molar refractivity (Wildman–Crippen MR) is 80.7 cm³/mol. The maximum atomic E-state index is 4.40. The minimum Gasteiger partial charge on any atom is -0.379 e. The molecule has 4 nitrogen and oxygen atoms in total. The number of anilines is 1. The van der Waals surface area contributed by atoms with Crippen molar-refractivity contribution >= 4 is 33.0 Å². The van der Waals surface area contributed by atoms with E-state index in [2.05, 4.69) is 42.7 Å². The van der Waals surface area contributed by atoms with Crippen molar-refractivity contribution in [2.75, 3.05) is 5.32 Å². The summed E-state index contributed by atoms with van der Waals surface area (Å²) in [4.78, 5) is 9.68. The van der Waals surface area contributed by atoms with Crippen LogP contribution in [0.25, 0.3) is 5.82 Å². The molecular formula is C13H11BrN4S. The number of nitrogens with zero attached hydrogens (tertiary/aromatic N) is 3. The first kappa shape index (κ1) is 12.4. The molecule has 3 aromatic rings. The van der Waals surface area contributed by atoms with Gasteiger partial charge in [-0.25, -0.2) is 9.97 Å². The summed E-state index contributed by atoms with van der Waals surface area (Å²) >= 11 is 5.25. The summed E-state index contributed by atoms with van der Waals surface area (Å²) in [7, 11) is 0. The zero-order valence-electron chi connectivity index (χ0n) is 9.95. The maximum absolute atomic E-state index is 4.40. The van der Waals surface area contributed by atoms with Gasteiger partial charge >= 0.3 is 0 Å². The second-order valence-corrected chi connectivity index (χ2v) is 5.78. The van der Waals surface area contributed by atoms with E-state index in [0.717, 1.165) is 22.5 Å². The van der Waals surface area contributed by atoms with Gasteiger partial charge in [-0.05, 0) is 39.5 Å². The number of nitrogens with one attached hydrogen (secondary N) is 1. The molecular weight excluding hydrogens is 324 g/mol. The second-order valence-electron chi connectivity index (χ2n) is 3.92. The number of hydrogen-bond acceptors (Lipinski definition) is 4. The van der Waals surface area contributed by atoms with E-state index in [0.29, 0.717) is 0 Å². The summed E-state index contributed by atoms with van der Waals surface area (Å²) in [5, 5.41) is 5.42. The summed E-state index contributed by atoms with van der Waals surface area (Å²) < 4.78 is 3.02. The highest BCUT2D eigenvalue weighted by atomic mass is 79.9. The fourth-order valence-electron chi connectivity index (χ4n) is 1.67. The number of rotatable bonds is 4. The summed E-state index contributed by atoms with van der Waals surface area (Å²) in [6.07, 6.45) is 7.18. The van der Waals surface area contributed by atoms with E-state index in [9.17, 15) is 0 Å². The standard InChI is InChI=1S/C13H11BrN4S/c14-11-3-6-19-12(11)8-16-10-1-2-13(17-7-10)18-5-4-15-9-18/h1-7,9,16H,8H2. The van der Waals surface area contributed by atoms with Crippen LogP contribution in [0.5, 0.6) is 0 Å². The van der Waals surface area contributed by atoms with E-state index < -0.39 is 0 Å². The average molecular weight is 335 g/mol. The molecule has 0 fully saturated rings. The van der Waals surface area contributed by atoms with Gasteiger partial charge in [-0.15, -0.1) is 11.3 Å². The van der Waals surface area contributed by atoms with Gasteiger partial charge in [-0.1, -0.05) is 0 Å². The lowest BCUT2D eigenvalue weighted by molar-refractivity contribution is 0.991. The molecule has 0 aliphatic heterocycles. The third-order valence-corrected chi connectivity index (χ3v) is 4.59. The molecule has 0 saturated heterocycles. The third-order valence-electron chi connectivity index (χ3n) is 2.66. The van der Waals surface area contributed by atoms with E-state index in [1.54, 1.807) is 23.9 Å². The van der Waals surface area contributed by atoms with Crippen molar-refractivity contribution in [1.29, 1.82) is 0 Å². The van der Waals surface area contributed by atoms with E-state index >= 15 is 0 Å². The van der Waals surface area contributed by atoms with Gasteiger partial charge in [0, 0.05) is 21.7 Å². The predicted octanol–water partition coefficient (Wildman–Crippen LogP) is 3.70. The highest BCUT2D eigenvalue weighted by Crippen LogP contribution is 2.23. The molecule has 0 spiro atoms. The van der Waals surface area contributed by atoms with Crippen LogP contribution in [0, 0.1) is 0 Å². The van der Waals surface area contributed by atoms with Crippen molar-refractivity contribution in [3.05, 3.63) is 57.8 Å². The fourth-order valence-corrected chi connectivity index (χ4v) is 3.10. The van der Waals surface area contributed by atoms with Gasteiger partial charge in [-0.3, -0.25) is 4.57 Å². The van der Waals surface area contributed by atoms with Crippen molar-refractivity contribution in [1.82, 2.24) is 14.5 Å². The molecule has 6 heteroatoms. The molecule has 3 rings (SSSR count). The van der Waals surface area contributed by atoms with Crippen LogP contribution in [0.3, 0.4) is 0 Å². The summed E-state index contributed by atoms with van der Waals surface area (Å²) in [5.41, 5.74) is 1.00. The fraction of sp³-hybridized carbons (Fsp3) is 0.0769. The van der Waals surface area contributed by atoms with Gasteiger partial charge in [0.1, 0.15) is 12.1 Å². The van der Waals surface area contributed by atoms with E-state index in [-0.39, 0.29) is 0 Å². The largest absolute Gasteiger partial charge is 0.379 e. The van der Waals surface area contributed by atoms with Crippen LogP contribution in [-0.4, -0.2) is 14.5 Å². The zero-order valence-corrected chi connectivity index (χ0v) is 12.4. The minimum atomic E-state index is 0.796. The molecule has 0 amide bonds. The molecule has 3 heterocycles. The minimum absolute atomic E-state index is 0.796. The number of aromatic nitrogens is 3. The first-order valence-electron chi connectivity index (χ1n) is 5.73. The molecule has 0 aliphatic carbocycles. The lowest BCUT2D eigenvalue weighted by Crippen LogP contribution is -2.00. The second kappa shape index (κ2) is 5.54. The number of halogens is 1. The summed E-state index contributed by atoms with van der Waals surface area (Å²) in [6.45, 7) is 0.796. The maximum Gasteiger partial charge on any atom is 0.137 e. The SMILES string of the molecule is Brc1ccsc1CNc1ccc(-n2ccnc2)nc1. The molecule has 0 aliphatic rings. The van der Waals surface area contributed by atoms with E-state index in [1.807, 2.05) is 29.1 Å². The first-order chi connectivity index (χ1) is 9.33. The van der Waals surface area contributed by atoms with Gasteiger partial charge < -0.3 is 5.32 Å². The Balaban J connectivity index is 1.68. The molecule has 96 valence electrons. The molecule has 0 aromatic carbocycles. The number of thiophene rings is 1. The molecule has 0 bridgehead atoms. The molecule has 19 heavy (non-hydrogen) atoms. The van der Waals surface area contributed by atoms with Crippen molar-refractivity contribution in [3.63, 3.8) is 0 Å². The van der Waals surface area contributed by atoms with Crippen molar-refractivity contribution in [3.8, 4) is 5.82 Å². The Labute approximate surface area is 123 Å². The lowest BCUT2D eigenvalue weighted by atomic mass is 10.4. The van der Waals surface area contributed by atoms with Gasteiger partial charge in [-0.2, -0.15) is 0 Å². The Morgan fingerprint density at radius 3 is 2.89 bits per heavy atom. The molecule has 0 radical (unpaired) electrons. The van der Waals surface area contributed by atoms with Crippen molar-refractivity contribution < 1.29 is 0 Å². The number of pyridine rings is 1. The van der Waals surface area contributed by atoms with Crippen LogP contribution < -0.4 is 5.32 Å². The molecule has 1 N–H and O–H groups in total. The first-order valence-corrected chi connectivity index (χ1v) is 7.40. The normalized spacial score (nSPS) is 10.6. The number of hydrogen-bond donors (Lipinski definition) is 1. The summed E-state index contributed by atoms with van der Waals surface area (Å²) in [6, 6.07) is 6.04. The monoisotopic (exact) mass is 334 g/mol. The Kier molecular flexibility index (Phi) is 3.61. The molecule has 0 saturated carbocycles. The highest BCUT2D eigenvalue weighted by Gasteiger charge is 2.02. The van der Waals surface area contributed by atoms with Gasteiger partial charge in [0.25, 0.3) is 0 Å². The van der Waals surface area contributed by atoms with Crippen LogP contribution in [0.4, 0.5) is 5.69 Å². The average Bonchev–Trinajstić information content (AvgIpc) is 3.09. The van der Waals surface area contributed by atoms with Crippen molar-refractivity contribution in [2.45, 2.75) is 6.54 Å². The Morgan fingerprint density at radius 1 is 1.32 bits per heavy atom. The third kappa shape index (κ3) is 2.85. The van der Waals surface area contributed by atoms with Gasteiger partial charge in [0.05, 0.1) is 18.4 Å². The van der Waals surface area contributed by atoms with Crippen molar-refractivity contribution in [2.24, 2.45) is 0 Å². The zero-order chi connectivity index (χ0) is 13.1. The summed E-state index contributed by atoms with van der Waals surface area (Å²) in [5.74, 6) is 0.861. The number of imidazole rings is 1. The Morgan fingerprint density at radius 2 is 2.26 bits per heavy atom.